The number of nitrogen functional groups attached to an aromatic ring is 1. The molecule has 20 heavy (non-hydrogen) atoms. The standard InChI is InChI=1S/C12H11BrCl2N4O/c1-2-6-10(16)11(19-18-6)12(20)17-7-4-3-5(13)8(14)9(7)15/h3-4H,2,16H2,1H3,(H,17,20)(H,18,19). The zero-order chi connectivity index (χ0) is 14.9. The average Bonchev–Trinajstić information content (AvgIpc) is 2.80. The first-order valence-corrected chi connectivity index (χ1v) is 7.28. The van der Waals surface area contributed by atoms with Gasteiger partial charge in [0.15, 0.2) is 5.69 Å². The summed E-state index contributed by atoms with van der Waals surface area (Å²) >= 11 is 15.3. The van der Waals surface area contributed by atoms with E-state index in [0.29, 0.717) is 27.3 Å². The van der Waals surface area contributed by atoms with Gasteiger partial charge in [0.25, 0.3) is 5.91 Å². The summed E-state index contributed by atoms with van der Waals surface area (Å²) in [5.74, 6) is -0.446. The predicted molar refractivity (Wildman–Crippen MR) is 84.5 cm³/mol. The Morgan fingerprint density at radius 3 is 2.75 bits per heavy atom. The SMILES string of the molecule is CCc1[nH]nc(C(=O)Nc2ccc(Br)c(Cl)c2Cl)c1N. The molecule has 1 aromatic carbocycles. The van der Waals surface area contributed by atoms with E-state index >= 15 is 0 Å². The minimum absolute atomic E-state index is 0.136. The van der Waals surface area contributed by atoms with Crippen LogP contribution in [-0.4, -0.2) is 16.1 Å². The smallest absolute Gasteiger partial charge is 0.278 e. The number of carbonyl (C=O) groups excluding carboxylic acids is 1. The Morgan fingerprint density at radius 2 is 2.15 bits per heavy atom. The molecule has 0 radical (unpaired) electrons. The normalized spacial score (nSPS) is 10.6. The van der Waals surface area contributed by atoms with Crippen LogP contribution in [0.3, 0.4) is 0 Å². The van der Waals surface area contributed by atoms with E-state index in [-0.39, 0.29) is 10.7 Å². The molecule has 0 spiro atoms. The molecule has 2 aromatic rings. The average molecular weight is 378 g/mol. The van der Waals surface area contributed by atoms with E-state index in [9.17, 15) is 4.79 Å². The number of hydrogen-bond acceptors (Lipinski definition) is 3. The van der Waals surface area contributed by atoms with E-state index in [1.807, 2.05) is 6.92 Å². The maximum absolute atomic E-state index is 12.1. The van der Waals surface area contributed by atoms with Gasteiger partial charge in [0.2, 0.25) is 0 Å². The molecule has 0 saturated heterocycles. The van der Waals surface area contributed by atoms with Crippen LogP contribution < -0.4 is 11.1 Å². The van der Waals surface area contributed by atoms with E-state index in [2.05, 4.69) is 31.4 Å². The van der Waals surface area contributed by atoms with Gasteiger partial charge in [-0.05, 0) is 34.5 Å². The van der Waals surface area contributed by atoms with Crippen molar-refractivity contribution in [1.29, 1.82) is 0 Å². The van der Waals surface area contributed by atoms with Crippen molar-refractivity contribution in [2.45, 2.75) is 13.3 Å². The first-order chi connectivity index (χ1) is 9.45. The van der Waals surface area contributed by atoms with Crippen LogP contribution in [0.15, 0.2) is 16.6 Å². The summed E-state index contributed by atoms with van der Waals surface area (Å²) in [6, 6.07) is 3.33. The first kappa shape index (κ1) is 15.2. The van der Waals surface area contributed by atoms with Crippen LogP contribution >= 0.6 is 39.1 Å². The van der Waals surface area contributed by atoms with Gasteiger partial charge in [-0.25, -0.2) is 0 Å². The molecule has 0 aliphatic carbocycles. The number of anilines is 2. The summed E-state index contributed by atoms with van der Waals surface area (Å²) in [6.45, 7) is 1.91. The third kappa shape index (κ3) is 2.77. The van der Waals surface area contributed by atoms with Crippen molar-refractivity contribution >= 4 is 56.4 Å². The lowest BCUT2D eigenvalue weighted by molar-refractivity contribution is 0.102. The largest absolute Gasteiger partial charge is 0.395 e. The summed E-state index contributed by atoms with van der Waals surface area (Å²) in [5.41, 5.74) is 7.42. The van der Waals surface area contributed by atoms with Gasteiger partial charge in [0, 0.05) is 4.47 Å². The van der Waals surface area contributed by atoms with Crippen molar-refractivity contribution in [3.8, 4) is 0 Å². The van der Waals surface area contributed by atoms with Crippen molar-refractivity contribution in [3.63, 3.8) is 0 Å². The zero-order valence-electron chi connectivity index (χ0n) is 10.4. The highest BCUT2D eigenvalue weighted by atomic mass is 79.9. The van der Waals surface area contributed by atoms with Crippen molar-refractivity contribution in [1.82, 2.24) is 10.2 Å². The van der Waals surface area contributed by atoms with Gasteiger partial charge in [-0.15, -0.1) is 0 Å². The van der Waals surface area contributed by atoms with Crippen LogP contribution in [0.5, 0.6) is 0 Å². The fourth-order valence-electron chi connectivity index (χ4n) is 1.63. The molecule has 1 heterocycles. The van der Waals surface area contributed by atoms with E-state index in [1.54, 1.807) is 12.1 Å². The van der Waals surface area contributed by atoms with E-state index in [4.69, 9.17) is 28.9 Å². The second kappa shape index (κ2) is 6.03. The molecule has 0 unspecified atom stereocenters. The highest BCUT2D eigenvalue weighted by molar-refractivity contribution is 9.10. The van der Waals surface area contributed by atoms with Crippen LogP contribution in [0.1, 0.15) is 23.1 Å². The van der Waals surface area contributed by atoms with Gasteiger partial charge in [-0.3, -0.25) is 9.89 Å². The molecule has 0 aliphatic heterocycles. The van der Waals surface area contributed by atoms with Gasteiger partial charge >= 0.3 is 0 Å². The molecule has 0 aliphatic rings. The third-order valence-electron chi connectivity index (χ3n) is 2.73. The van der Waals surface area contributed by atoms with Crippen LogP contribution in [0.25, 0.3) is 0 Å². The summed E-state index contributed by atoms with van der Waals surface area (Å²) in [4.78, 5) is 12.1. The van der Waals surface area contributed by atoms with Crippen LogP contribution in [0.4, 0.5) is 11.4 Å². The maximum atomic E-state index is 12.1. The Hall–Kier alpha value is -1.24. The van der Waals surface area contributed by atoms with Crippen molar-refractivity contribution < 1.29 is 4.79 Å². The Kier molecular flexibility index (Phi) is 4.57. The topological polar surface area (TPSA) is 83.8 Å². The lowest BCUT2D eigenvalue weighted by Gasteiger charge is -2.08. The molecule has 5 nitrogen and oxygen atoms in total. The number of amides is 1. The second-order valence-corrected chi connectivity index (χ2v) is 5.61. The number of H-pyrrole nitrogens is 1. The molecule has 1 aromatic heterocycles. The van der Waals surface area contributed by atoms with E-state index in [0.717, 1.165) is 5.69 Å². The van der Waals surface area contributed by atoms with Crippen LogP contribution in [-0.2, 0) is 6.42 Å². The van der Waals surface area contributed by atoms with Crippen molar-refractivity contribution in [3.05, 3.63) is 38.0 Å². The van der Waals surface area contributed by atoms with Gasteiger partial charge in [-0.1, -0.05) is 30.1 Å². The summed E-state index contributed by atoms with van der Waals surface area (Å²) in [5, 5.41) is 9.84. The Labute approximate surface area is 134 Å². The molecule has 1 amide bonds. The number of benzene rings is 1. The minimum atomic E-state index is -0.446. The monoisotopic (exact) mass is 376 g/mol. The second-order valence-electron chi connectivity index (χ2n) is 4.00. The third-order valence-corrected chi connectivity index (χ3v) is 4.51. The lowest BCUT2D eigenvalue weighted by Crippen LogP contribution is -2.14. The van der Waals surface area contributed by atoms with Crippen LogP contribution in [0, 0.1) is 0 Å². The Bertz CT molecular complexity index is 672. The molecule has 4 N–H and O–H groups in total. The Balaban J connectivity index is 2.28. The van der Waals surface area contributed by atoms with Crippen LogP contribution in [0.2, 0.25) is 10.0 Å². The van der Waals surface area contributed by atoms with Gasteiger partial charge < -0.3 is 11.1 Å². The molecule has 106 valence electrons. The highest BCUT2D eigenvalue weighted by Crippen LogP contribution is 2.36. The van der Waals surface area contributed by atoms with Gasteiger partial charge in [0.1, 0.15) is 0 Å². The molecule has 0 fully saturated rings. The summed E-state index contributed by atoms with van der Waals surface area (Å²) in [7, 11) is 0. The molecule has 2 rings (SSSR count). The van der Waals surface area contributed by atoms with E-state index in [1.165, 1.54) is 0 Å². The van der Waals surface area contributed by atoms with Crippen molar-refractivity contribution in [2.24, 2.45) is 0 Å². The number of nitrogens with zero attached hydrogens (tertiary/aromatic N) is 1. The highest BCUT2D eigenvalue weighted by Gasteiger charge is 2.18. The number of aromatic nitrogens is 2. The number of halogens is 3. The molecule has 0 bridgehead atoms. The van der Waals surface area contributed by atoms with Crippen molar-refractivity contribution in [2.75, 3.05) is 11.1 Å². The number of rotatable bonds is 3. The first-order valence-electron chi connectivity index (χ1n) is 5.73. The fraction of sp³-hybridized carbons (Fsp3) is 0.167. The maximum Gasteiger partial charge on any atom is 0.278 e. The quantitative estimate of drug-likeness (QED) is 0.709. The number of carbonyl (C=O) groups is 1. The predicted octanol–water partition coefficient (Wildman–Crippen LogP) is 3.88. The van der Waals surface area contributed by atoms with Gasteiger partial charge in [-0.2, -0.15) is 5.10 Å². The summed E-state index contributed by atoms with van der Waals surface area (Å²) < 4.78 is 0.648. The zero-order valence-corrected chi connectivity index (χ0v) is 13.5. The summed E-state index contributed by atoms with van der Waals surface area (Å²) in [6.07, 6.45) is 0.664. The number of nitrogens with two attached hydrogens (primary N) is 1. The molecular weight excluding hydrogens is 367 g/mol. The minimum Gasteiger partial charge on any atom is -0.395 e. The van der Waals surface area contributed by atoms with Gasteiger partial charge in [0.05, 0.1) is 27.1 Å². The fourth-order valence-corrected chi connectivity index (χ4v) is 2.45. The lowest BCUT2D eigenvalue weighted by atomic mass is 10.2. The molecule has 0 saturated carbocycles. The Morgan fingerprint density at radius 1 is 1.45 bits per heavy atom. The van der Waals surface area contributed by atoms with E-state index < -0.39 is 5.91 Å². The molecule has 0 atom stereocenters. The molecular formula is C12H11BrCl2N4O. The number of aryl methyl sites for hydroxylation is 1. The molecule has 8 heteroatoms. The number of aromatic amines is 1. The number of hydrogen-bond donors (Lipinski definition) is 3. The number of nitrogens with one attached hydrogen (secondary N) is 2.